The maximum Gasteiger partial charge on any atom is 0.313 e. The molecule has 0 aliphatic rings. The second kappa shape index (κ2) is 5.21. The lowest BCUT2D eigenvalue weighted by Gasteiger charge is -2.24. The number of phenolic OH excluding ortho intramolecular Hbond substituents is 1. The van der Waals surface area contributed by atoms with Gasteiger partial charge in [0.25, 0.3) is 0 Å². The molecule has 0 aliphatic heterocycles. The molecule has 0 aromatic heterocycles. The molecular formula is C14H20O3. The molecule has 0 heterocycles. The molecule has 1 rings (SSSR count). The van der Waals surface area contributed by atoms with Crippen LogP contribution in [0.2, 0.25) is 0 Å². The third-order valence-electron chi connectivity index (χ3n) is 2.57. The molecule has 0 bridgehead atoms. The SMILES string of the molecule is COC(=O)C(CC(C)(C)C)c1cccc(O)c1. The fourth-order valence-electron chi connectivity index (χ4n) is 1.83. The van der Waals surface area contributed by atoms with Crippen molar-refractivity contribution in [2.75, 3.05) is 7.11 Å². The fraction of sp³-hybridized carbons (Fsp3) is 0.500. The van der Waals surface area contributed by atoms with E-state index in [-0.39, 0.29) is 23.1 Å². The Labute approximate surface area is 102 Å². The third-order valence-corrected chi connectivity index (χ3v) is 2.57. The summed E-state index contributed by atoms with van der Waals surface area (Å²) in [6, 6.07) is 6.79. The summed E-state index contributed by atoms with van der Waals surface area (Å²) in [4.78, 5) is 11.8. The van der Waals surface area contributed by atoms with Crippen molar-refractivity contribution in [1.82, 2.24) is 0 Å². The molecule has 0 fully saturated rings. The smallest absolute Gasteiger partial charge is 0.313 e. The van der Waals surface area contributed by atoms with E-state index in [9.17, 15) is 9.90 Å². The van der Waals surface area contributed by atoms with E-state index in [1.165, 1.54) is 7.11 Å². The molecule has 0 aliphatic carbocycles. The van der Waals surface area contributed by atoms with Crippen LogP contribution in [0.1, 0.15) is 38.7 Å². The molecule has 17 heavy (non-hydrogen) atoms. The lowest BCUT2D eigenvalue weighted by molar-refractivity contribution is -0.143. The Bertz CT molecular complexity index is 391. The Hall–Kier alpha value is -1.51. The van der Waals surface area contributed by atoms with Gasteiger partial charge in [0.1, 0.15) is 5.75 Å². The van der Waals surface area contributed by atoms with Crippen LogP contribution < -0.4 is 0 Å². The van der Waals surface area contributed by atoms with Crippen molar-refractivity contribution in [2.24, 2.45) is 5.41 Å². The van der Waals surface area contributed by atoms with E-state index < -0.39 is 0 Å². The molecule has 0 amide bonds. The molecule has 0 spiro atoms. The number of carbonyl (C=O) groups is 1. The van der Waals surface area contributed by atoms with Crippen LogP contribution in [0.3, 0.4) is 0 Å². The number of hydrogen-bond acceptors (Lipinski definition) is 3. The van der Waals surface area contributed by atoms with Gasteiger partial charge in [-0.05, 0) is 29.5 Å². The second-order valence-electron chi connectivity index (χ2n) is 5.44. The normalized spacial score (nSPS) is 13.2. The zero-order chi connectivity index (χ0) is 13.1. The van der Waals surface area contributed by atoms with Gasteiger partial charge in [-0.3, -0.25) is 4.79 Å². The van der Waals surface area contributed by atoms with E-state index in [0.29, 0.717) is 6.42 Å². The minimum atomic E-state index is -0.327. The highest BCUT2D eigenvalue weighted by Crippen LogP contribution is 2.33. The Balaban J connectivity index is 3.02. The molecule has 3 nitrogen and oxygen atoms in total. The van der Waals surface area contributed by atoms with E-state index in [2.05, 4.69) is 20.8 Å². The zero-order valence-corrected chi connectivity index (χ0v) is 10.9. The van der Waals surface area contributed by atoms with Gasteiger partial charge in [0.15, 0.2) is 0 Å². The van der Waals surface area contributed by atoms with Gasteiger partial charge in [-0.15, -0.1) is 0 Å². The molecule has 0 saturated carbocycles. The van der Waals surface area contributed by atoms with Gasteiger partial charge in [-0.2, -0.15) is 0 Å². The first-order valence-electron chi connectivity index (χ1n) is 5.70. The van der Waals surface area contributed by atoms with Crippen LogP contribution in [0.4, 0.5) is 0 Å². The minimum absolute atomic E-state index is 0.0182. The van der Waals surface area contributed by atoms with Gasteiger partial charge in [0.05, 0.1) is 13.0 Å². The van der Waals surface area contributed by atoms with Crippen LogP contribution in [0.15, 0.2) is 24.3 Å². The molecule has 1 aromatic rings. The van der Waals surface area contributed by atoms with E-state index in [1.54, 1.807) is 18.2 Å². The van der Waals surface area contributed by atoms with Crippen molar-refractivity contribution in [3.63, 3.8) is 0 Å². The average molecular weight is 236 g/mol. The first-order chi connectivity index (χ1) is 7.83. The molecular weight excluding hydrogens is 216 g/mol. The van der Waals surface area contributed by atoms with Crippen LogP contribution >= 0.6 is 0 Å². The van der Waals surface area contributed by atoms with Crippen molar-refractivity contribution in [3.05, 3.63) is 29.8 Å². The highest BCUT2D eigenvalue weighted by molar-refractivity contribution is 5.78. The Kier molecular flexibility index (Phi) is 4.16. The largest absolute Gasteiger partial charge is 0.508 e. The monoisotopic (exact) mass is 236 g/mol. The predicted molar refractivity (Wildman–Crippen MR) is 66.9 cm³/mol. The molecule has 0 radical (unpaired) electrons. The zero-order valence-electron chi connectivity index (χ0n) is 10.9. The van der Waals surface area contributed by atoms with Crippen LogP contribution in [-0.4, -0.2) is 18.2 Å². The number of phenols is 1. The first kappa shape index (κ1) is 13.6. The van der Waals surface area contributed by atoms with Gasteiger partial charge in [-0.25, -0.2) is 0 Å². The van der Waals surface area contributed by atoms with Crippen molar-refractivity contribution in [2.45, 2.75) is 33.1 Å². The number of ether oxygens (including phenoxy) is 1. The average Bonchev–Trinajstić information content (AvgIpc) is 2.23. The lowest BCUT2D eigenvalue weighted by atomic mass is 9.81. The van der Waals surface area contributed by atoms with Gasteiger partial charge in [0, 0.05) is 0 Å². The Morgan fingerprint density at radius 3 is 2.53 bits per heavy atom. The van der Waals surface area contributed by atoms with E-state index >= 15 is 0 Å². The quantitative estimate of drug-likeness (QED) is 0.820. The Morgan fingerprint density at radius 1 is 1.41 bits per heavy atom. The van der Waals surface area contributed by atoms with Gasteiger partial charge in [0.2, 0.25) is 0 Å². The number of esters is 1. The molecule has 1 N–H and O–H groups in total. The van der Waals surface area contributed by atoms with Gasteiger partial charge in [-0.1, -0.05) is 32.9 Å². The van der Waals surface area contributed by atoms with E-state index in [1.807, 2.05) is 6.07 Å². The number of hydrogen-bond donors (Lipinski definition) is 1. The second-order valence-corrected chi connectivity index (χ2v) is 5.44. The molecule has 94 valence electrons. The van der Waals surface area contributed by atoms with Crippen LogP contribution in [0, 0.1) is 5.41 Å². The van der Waals surface area contributed by atoms with Crippen molar-refractivity contribution in [1.29, 1.82) is 0 Å². The lowest BCUT2D eigenvalue weighted by Crippen LogP contribution is -2.20. The van der Waals surface area contributed by atoms with Crippen molar-refractivity contribution < 1.29 is 14.6 Å². The standard InChI is InChI=1S/C14H20O3/c1-14(2,3)9-12(13(16)17-4)10-6-5-7-11(15)8-10/h5-8,12,15H,9H2,1-4H3. The number of carbonyl (C=O) groups excluding carboxylic acids is 1. The van der Waals surface area contributed by atoms with Crippen molar-refractivity contribution >= 4 is 5.97 Å². The van der Waals surface area contributed by atoms with Gasteiger partial charge >= 0.3 is 5.97 Å². The summed E-state index contributed by atoms with van der Waals surface area (Å²) in [6.45, 7) is 6.23. The summed E-state index contributed by atoms with van der Waals surface area (Å²) in [5, 5.41) is 9.46. The number of methoxy groups -OCH3 is 1. The molecule has 1 aromatic carbocycles. The van der Waals surface area contributed by atoms with E-state index in [4.69, 9.17) is 4.74 Å². The summed E-state index contributed by atoms with van der Waals surface area (Å²) in [5.74, 6) is -0.414. The summed E-state index contributed by atoms with van der Waals surface area (Å²) >= 11 is 0. The van der Waals surface area contributed by atoms with E-state index in [0.717, 1.165) is 5.56 Å². The number of benzene rings is 1. The molecule has 0 saturated heterocycles. The molecule has 3 heteroatoms. The maximum absolute atomic E-state index is 11.8. The first-order valence-corrected chi connectivity index (χ1v) is 5.70. The van der Waals surface area contributed by atoms with Crippen LogP contribution in [0.5, 0.6) is 5.75 Å². The highest BCUT2D eigenvalue weighted by atomic mass is 16.5. The topological polar surface area (TPSA) is 46.5 Å². The summed E-state index contributed by atoms with van der Waals surface area (Å²) in [6.07, 6.45) is 0.684. The summed E-state index contributed by atoms with van der Waals surface area (Å²) in [5.41, 5.74) is 0.816. The minimum Gasteiger partial charge on any atom is -0.508 e. The molecule has 1 unspecified atom stereocenters. The predicted octanol–water partition coefficient (Wildman–Crippen LogP) is 3.09. The molecule has 1 atom stereocenters. The summed E-state index contributed by atoms with van der Waals surface area (Å²) < 4.78 is 4.83. The Morgan fingerprint density at radius 2 is 2.06 bits per heavy atom. The van der Waals surface area contributed by atoms with Gasteiger partial charge < -0.3 is 9.84 Å². The third kappa shape index (κ3) is 4.10. The highest BCUT2D eigenvalue weighted by Gasteiger charge is 2.27. The van der Waals surface area contributed by atoms with Crippen LogP contribution in [-0.2, 0) is 9.53 Å². The van der Waals surface area contributed by atoms with Crippen molar-refractivity contribution in [3.8, 4) is 5.75 Å². The number of aromatic hydroxyl groups is 1. The van der Waals surface area contributed by atoms with Crippen LogP contribution in [0.25, 0.3) is 0 Å². The summed E-state index contributed by atoms with van der Waals surface area (Å²) in [7, 11) is 1.39. The maximum atomic E-state index is 11.8. The number of rotatable bonds is 3. The fourth-order valence-corrected chi connectivity index (χ4v) is 1.83.